The number of rotatable bonds is 3. The van der Waals surface area contributed by atoms with Crippen LogP contribution in [0.25, 0.3) is 6.08 Å². The third-order valence-electron chi connectivity index (χ3n) is 3.85. The molecule has 0 spiro atoms. The number of anilines is 1. The summed E-state index contributed by atoms with van der Waals surface area (Å²) in [5, 5.41) is 14.6. The predicted molar refractivity (Wildman–Crippen MR) is 98.0 cm³/mol. The number of benzene rings is 2. The van der Waals surface area contributed by atoms with Gasteiger partial charge in [-0.3, -0.25) is 15.1 Å². The van der Waals surface area contributed by atoms with Crippen molar-refractivity contribution in [3.05, 3.63) is 70.3 Å². The molecule has 0 fully saturated rings. The van der Waals surface area contributed by atoms with Crippen LogP contribution in [-0.2, 0) is 0 Å². The Morgan fingerprint density at radius 3 is 2.62 bits per heavy atom. The third-order valence-corrected chi connectivity index (χ3v) is 3.85. The van der Waals surface area contributed by atoms with Gasteiger partial charge in [-0.1, -0.05) is 24.3 Å². The summed E-state index contributed by atoms with van der Waals surface area (Å²) in [4.78, 5) is 15.5. The maximum absolute atomic E-state index is 11.1. The molecule has 1 aliphatic rings. The highest BCUT2D eigenvalue weighted by Crippen LogP contribution is 2.32. The van der Waals surface area contributed by atoms with Gasteiger partial charge in [0.25, 0.3) is 5.69 Å². The van der Waals surface area contributed by atoms with Gasteiger partial charge in [0.1, 0.15) is 0 Å². The van der Waals surface area contributed by atoms with E-state index in [1.54, 1.807) is 24.3 Å². The molecule has 0 radical (unpaired) electrons. The topological polar surface area (TPSA) is 67.5 Å². The zero-order chi connectivity index (χ0) is 17.2. The van der Waals surface area contributed by atoms with Gasteiger partial charge in [0, 0.05) is 23.7 Å². The second kappa shape index (κ2) is 6.28. The van der Waals surface area contributed by atoms with Gasteiger partial charge in [0.2, 0.25) is 0 Å². The van der Waals surface area contributed by atoms with Crippen molar-refractivity contribution < 1.29 is 4.92 Å². The summed E-state index contributed by atoms with van der Waals surface area (Å²) in [5.41, 5.74) is 3.28. The first-order chi connectivity index (χ1) is 11.4. The van der Waals surface area contributed by atoms with E-state index in [4.69, 9.17) is 4.99 Å². The van der Waals surface area contributed by atoms with Crippen LogP contribution in [0.4, 0.5) is 17.1 Å². The van der Waals surface area contributed by atoms with Crippen molar-refractivity contribution in [3.63, 3.8) is 0 Å². The number of nitrogens with zero attached hydrogens (tertiary/aromatic N) is 2. The molecule has 0 aromatic heterocycles. The summed E-state index contributed by atoms with van der Waals surface area (Å²) < 4.78 is 0. The third kappa shape index (κ3) is 3.51. The molecule has 0 bridgehead atoms. The first-order valence-electron chi connectivity index (χ1n) is 7.81. The molecule has 0 saturated heterocycles. The standard InChI is InChI=1S/C19H19N3O2/c1-19(2)13-15(20-16-8-4-5-9-17(16)21-19)12-11-14-7-3-6-10-18(14)22(23)24/h3-12,21H,13H2,1-2H3/b12-11+. The average Bonchev–Trinajstić information content (AvgIpc) is 2.67. The van der Waals surface area contributed by atoms with E-state index >= 15 is 0 Å². The highest BCUT2D eigenvalue weighted by molar-refractivity contribution is 6.02. The van der Waals surface area contributed by atoms with Gasteiger partial charge >= 0.3 is 0 Å². The molecule has 0 aliphatic carbocycles. The van der Waals surface area contributed by atoms with Crippen molar-refractivity contribution in [2.45, 2.75) is 25.8 Å². The number of para-hydroxylation sites is 3. The summed E-state index contributed by atoms with van der Waals surface area (Å²) in [6.07, 6.45) is 4.35. The molecule has 2 aromatic rings. The first kappa shape index (κ1) is 15.9. The highest BCUT2D eigenvalue weighted by Gasteiger charge is 2.23. The van der Waals surface area contributed by atoms with E-state index in [-0.39, 0.29) is 16.1 Å². The lowest BCUT2D eigenvalue weighted by atomic mass is 9.96. The Kier molecular flexibility index (Phi) is 4.16. The van der Waals surface area contributed by atoms with Crippen LogP contribution in [0.15, 0.2) is 59.6 Å². The molecule has 5 nitrogen and oxygen atoms in total. The van der Waals surface area contributed by atoms with Crippen molar-refractivity contribution in [2.24, 2.45) is 4.99 Å². The summed E-state index contributed by atoms with van der Waals surface area (Å²) in [6.45, 7) is 4.23. The van der Waals surface area contributed by atoms with E-state index in [1.165, 1.54) is 6.07 Å². The lowest BCUT2D eigenvalue weighted by Gasteiger charge is -2.25. The molecule has 1 aliphatic heterocycles. The molecule has 2 aromatic carbocycles. The van der Waals surface area contributed by atoms with E-state index < -0.39 is 0 Å². The number of hydrogen-bond donors (Lipinski definition) is 1. The number of aliphatic imine (C=N–C) groups is 1. The minimum atomic E-state index is -0.366. The van der Waals surface area contributed by atoms with Crippen LogP contribution in [0.3, 0.4) is 0 Å². The van der Waals surface area contributed by atoms with Gasteiger partial charge in [-0.25, -0.2) is 0 Å². The lowest BCUT2D eigenvalue weighted by Crippen LogP contribution is -2.32. The molecule has 1 heterocycles. The zero-order valence-corrected chi connectivity index (χ0v) is 13.7. The van der Waals surface area contributed by atoms with Gasteiger partial charge in [-0.2, -0.15) is 0 Å². The molecule has 0 unspecified atom stereocenters. The average molecular weight is 321 g/mol. The Labute approximate surface area is 140 Å². The number of nitro groups is 1. The number of nitro benzene ring substituents is 1. The Balaban J connectivity index is 1.97. The van der Waals surface area contributed by atoms with Crippen LogP contribution < -0.4 is 5.32 Å². The number of nitrogens with one attached hydrogen (secondary N) is 1. The van der Waals surface area contributed by atoms with E-state index in [0.717, 1.165) is 23.5 Å². The van der Waals surface area contributed by atoms with Gasteiger partial charge in [0.15, 0.2) is 0 Å². The molecule has 3 rings (SSSR count). The maximum Gasteiger partial charge on any atom is 0.276 e. The van der Waals surface area contributed by atoms with Crippen LogP contribution in [0.5, 0.6) is 0 Å². The Morgan fingerprint density at radius 1 is 1.12 bits per heavy atom. The summed E-state index contributed by atoms with van der Waals surface area (Å²) >= 11 is 0. The Bertz CT molecular complexity index is 838. The second-order valence-corrected chi connectivity index (χ2v) is 6.46. The molecule has 0 saturated carbocycles. The van der Waals surface area contributed by atoms with Crippen LogP contribution in [-0.4, -0.2) is 16.2 Å². The SMILES string of the molecule is CC1(C)CC(/C=C/c2ccccc2[N+](=O)[O-])=Nc2ccccc2N1. The normalized spacial score (nSPS) is 16.0. The number of hydrogen-bond acceptors (Lipinski definition) is 4. The quantitative estimate of drug-likeness (QED) is 0.640. The van der Waals surface area contributed by atoms with Crippen LogP contribution in [0.1, 0.15) is 25.8 Å². The number of allylic oxidation sites excluding steroid dienone is 1. The fraction of sp³-hybridized carbons (Fsp3) is 0.211. The molecule has 24 heavy (non-hydrogen) atoms. The largest absolute Gasteiger partial charge is 0.378 e. The second-order valence-electron chi connectivity index (χ2n) is 6.46. The smallest absolute Gasteiger partial charge is 0.276 e. The van der Waals surface area contributed by atoms with E-state index in [9.17, 15) is 10.1 Å². The molecule has 1 N–H and O–H groups in total. The van der Waals surface area contributed by atoms with Crippen LogP contribution in [0, 0.1) is 10.1 Å². The van der Waals surface area contributed by atoms with E-state index in [2.05, 4.69) is 19.2 Å². The molecule has 0 atom stereocenters. The van der Waals surface area contributed by atoms with E-state index in [1.807, 2.05) is 30.3 Å². The van der Waals surface area contributed by atoms with E-state index in [0.29, 0.717) is 5.56 Å². The minimum Gasteiger partial charge on any atom is -0.378 e. The van der Waals surface area contributed by atoms with Crippen LogP contribution in [0.2, 0.25) is 0 Å². The van der Waals surface area contributed by atoms with Gasteiger partial charge < -0.3 is 5.32 Å². The van der Waals surface area contributed by atoms with Crippen LogP contribution >= 0.6 is 0 Å². The Hall–Kier alpha value is -2.95. The molecular weight excluding hydrogens is 302 g/mol. The first-order valence-corrected chi connectivity index (χ1v) is 7.81. The van der Waals surface area contributed by atoms with Gasteiger partial charge in [-0.05, 0) is 44.2 Å². The highest BCUT2D eigenvalue weighted by atomic mass is 16.6. The summed E-state index contributed by atoms with van der Waals surface area (Å²) in [5.74, 6) is 0. The van der Waals surface area contributed by atoms with Crippen molar-refractivity contribution in [2.75, 3.05) is 5.32 Å². The molecular formula is C19H19N3O2. The maximum atomic E-state index is 11.1. The van der Waals surface area contributed by atoms with Crippen molar-refractivity contribution in [3.8, 4) is 0 Å². The monoisotopic (exact) mass is 321 g/mol. The molecule has 122 valence electrons. The summed E-state index contributed by atoms with van der Waals surface area (Å²) in [7, 11) is 0. The van der Waals surface area contributed by atoms with Crippen molar-refractivity contribution >= 4 is 28.8 Å². The van der Waals surface area contributed by atoms with Gasteiger partial charge in [0.05, 0.1) is 21.9 Å². The predicted octanol–water partition coefficient (Wildman–Crippen LogP) is 4.97. The summed E-state index contributed by atoms with van der Waals surface area (Å²) in [6, 6.07) is 14.6. The molecule has 5 heteroatoms. The minimum absolute atomic E-state index is 0.0979. The number of fused-ring (bicyclic) bond motifs is 1. The van der Waals surface area contributed by atoms with Gasteiger partial charge in [-0.15, -0.1) is 0 Å². The van der Waals surface area contributed by atoms with Crippen molar-refractivity contribution in [1.82, 2.24) is 0 Å². The molecule has 0 amide bonds. The Morgan fingerprint density at radius 2 is 1.83 bits per heavy atom. The lowest BCUT2D eigenvalue weighted by molar-refractivity contribution is -0.385. The fourth-order valence-corrected chi connectivity index (χ4v) is 2.81. The zero-order valence-electron chi connectivity index (χ0n) is 13.7. The van der Waals surface area contributed by atoms with Crippen molar-refractivity contribution in [1.29, 1.82) is 0 Å². The fourth-order valence-electron chi connectivity index (χ4n) is 2.81.